The number of rotatable bonds is 5. The Balaban J connectivity index is 1.77. The number of hydrogen-bond acceptors (Lipinski definition) is 6. The molecule has 1 N–H and O–H groups in total. The van der Waals surface area contributed by atoms with Gasteiger partial charge in [0, 0.05) is 31.2 Å². The highest BCUT2D eigenvalue weighted by molar-refractivity contribution is 7.90. The van der Waals surface area contributed by atoms with E-state index in [1.807, 2.05) is 0 Å². The third-order valence-corrected chi connectivity index (χ3v) is 5.08. The normalized spacial score (nSPS) is 22.0. The zero-order chi connectivity index (χ0) is 17.4. The minimum atomic E-state index is -3.60. The van der Waals surface area contributed by atoms with Crippen LogP contribution in [0.5, 0.6) is 5.88 Å². The lowest BCUT2D eigenvalue weighted by Gasteiger charge is -2.29. The number of sulfone groups is 1. The Hall–Kier alpha value is -1.51. The van der Waals surface area contributed by atoms with Crippen LogP contribution in [0.3, 0.4) is 0 Å². The molecule has 2 fully saturated rings. The van der Waals surface area contributed by atoms with E-state index in [1.54, 1.807) is 0 Å². The average molecular weight is 360 g/mol. The van der Waals surface area contributed by atoms with Crippen LogP contribution in [0.25, 0.3) is 0 Å². The molecule has 1 aromatic rings. The molecule has 2 aliphatic rings. The SMILES string of the molecule is CS(=O)(=O)c1nc(NC2CCC(F)(F)CC2)cc(OC2C[CH]C2)n1. The van der Waals surface area contributed by atoms with Crippen molar-refractivity contribution in [1.29, 1.82) is 0 Å². The van der Waals surface area contributed by atoms with E-state index in [2.05, 4.69) is 21.7 Å². The van der Waals surface area contributed by atoms with Crippen molar-refractivity contribution in [2.75, 3.05) is 11.6 Å². The molecule has 133 valence electrons. The standard InChI is InChI=1S/C15H20F2N3O3S/c1-24(21,22)14-19-12(9-13(20-14)23-11-3-2-4-11)18-10-5-7-15(16,17)8-6-10/h2,9-11H,3-8H2,1H3,(H,18,19,20). The molecule has 1 radical (unpaired) electrons. The molecule has 1 heterocycles. The van der Waals surface area contributed by atoms with Crippen LogP contribution in [-0.2, 0) is 9.84 Å². The molecule has 9 heteroatoms. The number of ether oxygens (including phenoxy) is 1. The Morgan fingerprint density at radius 2 is 1.92 bits per heavy atom. The van der Waals surface area contributed by atoms with Gasteiger partial charge < -0.3 is 10.1 Å². The van der Waals surface area contributed by atoms with E-state index in [4.69, 9.17) is 4.74 Å². The van der Waals surface area contributed by atoms with Crippen LogP contribution >= 0.6 is 0 Å². The molecule has 0 amide bonds. The number of aromatic nitrogens is 2. The zero-order valence-corrected chi connectivity index (χ0v) is 14.2. The first-order valence-corrected chi connectivity index (χ1v) is 9.82. The average Bonchev–Trinajstić information content (AvgIpc) is 2.44. The summed E-state index contributed by atoms with van der Waals surface area (Å²) in [5, 5.41) is 2.72. The monoisotopic (exact) mass is 360 g/mol. The smallest absolute Gasteiger partial charge is 0.252 e. The molecule has 0 unspecified atom stereocenters. The van der Waals surface area contributed by atoms with Gasteiger partial charge in [-0.3, -0.25) is 0 Å². The maximum Gasteiger partial charge on any atom is 0.252 e. The second-order valence-corrected chi connectivity index (χ2v) is 8.33. The third-order valence-electron chi connectivity index (χ3n) is 4.23. The zero-order valence-electron chi connectivity index (χ0n) is 13.3. The second-order valence-electron chi connectivity index (χ2n) is 6.42. The van der Waals surface area contributed by atoms with Crippen LogP contribution in [0.4, 0.5) is 14.6 Å². The summed E-state index contributed by atoms with van der Waals surface area (Å²) in [6, 6.07) is 1.36. The predicted octanol–water partition coefficient (Wildman–Crippen LogP) is 2.62. The maximum absolute atomic E-state index is 13.2. The number of alkyl halides is 2. The molecular weight excluding hydrogens is 340 g/mol. The second kappa shape index (κ2) is 6.42. The van der Waals surface area contributed by atoms with Gasteiger partial charge in [0.1, 0.15) is 11.9 Å². The Morgan fingerprint density at radius 1 is 1.25 bits per heavy atom. The molecule has 1 aromatic heterocycles. The summed E-state index contributed by atoms with van der Waals surface area (Å²) in [6.07, 6.45) is 4.90. The van der Waals surface area contributed by atoms with Gasteiger partial charge in [0.15, 0.2) is 0 Å². The van der Waals surface area contributed by atoms with Crippen molar-refractivity contribution < 1.29 is 21.9 Å². The fraction of sp³-hybridized carbons (Fsp3) is 0.667. The van der Waals surface area contributed by atoms with Crippen LogP contribution in [0.2, 0.25) is 0 Å². The highest BCUT2D eigenvalue weighted by Crippen LogP contribution is 2.34. The number of halogens is 2. The van der Waals surface area contributed by atoms with Crippen molar-refractivity contribution in [1.82, 2.24) is 9.97 Å². The topological polar surface area (TPSA) is 81.2 Å². The van der Waals surface area contributed by atoms with E-state index in [-0.39, 0.29) is 36.0 Å². The van der Waals surface area contributed by atoms with E-state index in [1.165, 1.54) is 6.07 Å². The summed E-state index contributed by atoms with van der Waals surface area (Å²) in [6.45, 7) is 0. The largest absolute Gasteiger partial charge is 0.474 e. The molecular formula is C15H20F2N3O3S. The molecule has 2 saturated carbocycles. The van der Waals surface area contributed by atoms with Gasteiger partial charge in [-0.2, -0.15) is 4.98 Å². The van der Waals surface area contributed by atoms with Gasteiger partial charge in [0.2, 0.25) is 21.6 Å². The van der Waals surface area contributed by atoms with Crippen molar-refractivity contribution in [3.05, 3.63) is 12.5 Å². The highest BCUT2D eigenvalue weighted by Gasteiger charge is 2.35. The summed E-state index contributed by atoms with van der Waals surface area (Å²) >= 11 is 0. The summed E-state index contributed by atoms with van der Waals surface area (Å²) in [5.74, 6) is -2.14. The number of hydrogen-bond donors (Lipinski definition) is 1. The Labute approximate surface area is 139 Å². The number of nitrogens with zero attached hydrogens (tertiary/aromatic N) is 2. The molecule has 0 bridgehead atoms. The van der Waals surface area contributed by atoms with Crippen molar-refractivity contribution in [2.24, 2.45) is 0 Å². The summed E-state index contributed by atoms with van der Waals surface area (Å²) < 4.78 is 55.7. The van der Waals surface area contributed by atoms with Crippen LogP contribution in [0.15, 0.2) is 11.2 Å². The molecule has 0 atom stereocenters. The summed E-state index contributed by atoms with van der Waals surface area (Å²) in [7, 11) is -3.60. The Kier molecular flexibility index (Phi) is 4.63. The highest BCUT2D eigenvalue weighted by atomic mass is 32.2. The van der Waals surface area contributed by atoms with E-state index in [0.717, 1.165) is 19.1 Å². The van der Waals surface area contributed by atoms with Crippen molar-refractivity contribution in [2.45, 2.75) is 61.7 Å². The lowest BCUT2D eigenvalue weighted by Crippen LogP contribution is -2.32. The van der Waals surface area contributed by atoms with Gasteiger partial charge in [-0.15, -0.1) is 0 Å². The fourth-order valence-corrected chi connectivity index (χ4v) is 3.19. The summed E-state index contributed by atoms with van der Waals surface area (Å²) in [5.41, 5.74) is 0. The number of nitrogens with one attached hydrogen (secondary N) is 1. The van der Waals surface area contributed by atoms with Gasteiger partial charge in [-0.1, -0.05) is 0 Å². The molecule has 2 aliphatic carbocycles. The van der Waals surface area contributed by atoms with E-state index >= 15 is 0 Å². The fourth-order valence-electron chi connectivity index (χ4n) is 2.67. The first-order chi connectivity index (χ1) is 11.2. The molecule has 6 nitrogen and oxygen atoms in total. The first kappa shape index (κ1) is 17.3. The Bertz CT molecular complexity index is 698. The van der Waals surface area contributed by atoms with Crippen molar-refractivity contribution in [3.8, 4) is 5.88 Å². The van der Waals surface area contributed by atoms with Crippen LogP contribution in [-0.4, -0.2) is 42.7 Å². The van der Waals surface area contributed by atoms with Gasteiger partial charge in [-0.25, -0.2) is 22.2 Å². The number of anilines is 1. The van der Waals surface area contributed by atoms with E-state index in [9.17, 15) is 17.2 Å². The molecule has 0 spiro atoms. The minimum absolute atomic E-state index is 0.00599. The van der Waals surface area contributed by atoms with Gasteiger partial charge in [0.25, 0.3) is 5.16 Å². The van der Waals surface area contributed by atoms with Crippen molar-refractivity contribution in [3.63, 3.8) is 0 Å². The minimum Gasteiger partial charge on any atom is -0.474 e. The summed E-state index contributed by atoms with van der Waals surface area (Å²) in [4.78, 5) is 7.95. The van der Waals surface area contributed by atoms with Gasteiger partial charge in [0.05, 0.1) is 0 Å². The van der Waals surface area contributed by atoms with Crippen LogP contribution in [0.1, 0.15) is 38.5 Å². The van der Waals surface area contributed by atoms with Gasteiger partial charge >= 0.3 is 0 Å². The molecule has 3 rings (SSSR count). The van der Waals surface area contributed by atoms with Crippen molar-refractivity contribution >= 4 is 15.7 Å². The quantitative estimate of drug-likeness (QED) is 0.813. The molecule has 0 aliphatic heterocycles. The lowest BCUT2D eigenvalue weighted by molar-refractivity contribution is -0.0361. The third kappa shape index (κ3) is 4.31. The lowest BCUT2D eigenvalue weighted by atomic mass is 9.92. The van der Waals surface area contributed by atoms with Crippen LogP contribution in [0, 0.1) is 6.42 Å². The molecule has 24 heavy (non-hydrogen) atoms. The van der Waals surface area contributed by atoms with E-state index in [0.29, 0.717) is 18.7 Å². The predicted molar refractivity (Wildman–Crippen MR) is 83.9 cm³/mol. The maximum atomic E-state index is 13.2. The molecule has 0 saturated heterocycles. The van der Waals surface area contributed by atoms with E-state index < -0.39 is 15.8 Å². The first-order valence-electron chi connectivity index (χ1n) is 7.93. The molecule has 0 aromatic carbocycles. The van der Waals surface area contributed by atoms with Crippen LogP contribution < -0.4 is 10.1 Å². The van der Waals surface area contributed by atoms with Gasteiger partial charge in [-0.05, 0) is 32.1 Å². The Morgan fingerprint density at radius 3 is 2.46 bits per heavy atom.